The van der Waals surface area contributed by atoms with Crippen LogP contribution < -0.4 is 0 Å². The molecule has 5 nitrogen and oxygen atoms in total. The van der Waals surface area contributed by atoms with E-state index in [2.05, 4.69) is 41.3 Å². The van der Waals surface area contributed by atoms with Gasteiger partial charge in [-0.1, -0.05) is 36.4 Å². The molecule has 172 valence electrons. The average Bonchev–Trinajstić information content (AvgIpc) is 3.68. The van der Waals surface area contributed by atoms with Crippen LogP contribution in [0.25, 0.3) is 0 Å². The summed E-state index contributed by atoms with van der Waals surface area (Å²) in [6.07, 6.45) is 3.11. The quantitative estimate of drug-likeness (QED) is 0.596. The Morgan fingerprint density at radius 2 is 1.88 bits per heavy atom. The van der Waals surface area contributed by atoms with Gasteiger partial charge in [0.2, 0.25) is 0 Å². The topological polar surface area (TPSA) is 56.6 Å². The van der Waals surface area contributed by atoms with Crippen molar-refractivity contribution in [3.63, 3.8) is 0 Å². The highest BCUT2D eigenvalue weighted by molar-refractivity contribution is 5.69. The highest BCUT2D eigenvalue weighted by Gasteiger charge is 2.52. The number of nitrogens with zero attached hydrogens (tertiary/aromatic N) is 3. The summed E-state index contributed by atoms with van der Waals surface area (Å²) >= 11 is 0. The van der Waals surface area contributed by atoms with E-state index in [-0.39, 0.29) is 17.6 Å². The molecule has 2 saturated carbocycles. The molecule has 0 saturated heterocycles. The highest BCUT2D eigenvalue weighted by Crippen LogP contribution is 2.52. The molecule has 33 heavy (non-hydrogen) atoms. The number of carbonyl (C=O) groups is 1. The van der Waals surface area contributed by atoms with Gasteiger partial charge in [0.15, 0.2) is 0 Å². The molecule has 1 aliphatic heterocycles. The van der Waals surface area contributed by atoms with Gasteiger partial charge in [-0.05, 0) is 68.9 Å². The van der Waals surface area contributed by atoms with E-state index in [1.54, 1.807) is 0 Å². The minimum Gasteiger partial charge on any atom is -0.444 e. The number of nitriles is 1. The van der Waals surface area contributed by atoms with Crippen LogP contribution >= 0.6 is 0 Å². The lowest BCUT2D eigenvalue weighted by molar-refractivity contribution is 0.0170. The number of rotatable bonds is 6. The standard InChI is InChI=1S/C28H33N3O2/c1-27(2,3)33-26(32)31(25-14-24(25)21-7-5-4-6-8-21)19-28(11-12-28)18-30-16-22-10-9-20(15-29)13-23(22)17-30/h4-10,13,24-25H,11-12,14,16-19H2,1-3H3/t24?,25-/m0/s1. The van der Waals surface area contributed by atoms with Crippen LogP contribution in [0.2, 0.25) is 0 Å². The van der Waals surface area contributed by atoms with Crippen LogP contribution in [-0.4, -0.2) is 40.6 Å². The number of hydrogen-bond acceptors (Lipinski definition) is 4. The molecule has 1 amide bonds. The Hall–Kier alpha value is -2.84. The van der Waals surface area contributed by atoms with E-state index in [0.29, 0.717) is 5.92 Å². The molecule has 3 aliphatic rings. The van der Waals surface area contributed by atoms with Crippen LogP contribution in [0.3, 0.4) is 0 Å². The van der Waals surface area contributed by atoms with E-state index in [4.69, 9.17) is 4.74 Å². The molecule has 0 aromatic heterocycles. The molecule has 5 heteroatoms. The van der Waals surface area contributed by atoms with Crippen LogP contribution in [0.4, 0.5) is 4.79 Å². The van der Waals surface area contributed by atoms with Crippen molar-refractivity contribution in [3.8, 4) is 6.07 Å². The van der Waals surface area contributed by atoms with Gasteiger partial charge < -0.3 is 9.64 Å². The molecule has 2 aromatic carbocycles. The number of benzene rings is 2. The highest BCUT2D eigenvalue weighted by atomic mass is 16.6. The van der Waals surface area contributed by atoms with Crippen molar-refractivity contribution in [2.75, 3.05) is 13.1 Å². The summed E-state index contributed by atoms with van der Waals surface area (Å²) in [6, 6.07) is 19.0. The molecule has 2 aliphatic carbocycles. The minimum absolute atomic E-state index is 0.140. The van der Waals surface area contributed by atoms with Crippen LogP contribution in [0.1, 0.15) is 68.2 Å². The fourth-order valence-corrected chi connectivity index (χ4v) is 5.25. The summed E-state index contributed by atoms with van der Waals surface area (Å²) in [4.78, 5) is 17.8. The number of amides is 1. The molecule has 0 N–H and O–H groups in total. The van der Waals surface area contributed by atoms with E-state index in [0.717, 1.165) is 51.0 Å². The Balaban J connectivity index is 1.28. The van der Waals surface area contributed by atoms with E-state index in [9.17, 15) is 10.1 Å². The Labute approximate surface area is 196 Å². The van der Waals surface area contributed by atoms with Gasteiger partial charge >= 0.3 is 6.09 Å². The van der Waals surface area contributed by atoms with Crippen LogP contribution in [0, 0.1) is 16.7 Å². The average molecular weight is 444 g/mol. The van der Waals surface area contributed by atoms with Crippen molar-refractivity contribution in [2.24, 2.45) is 5.41 Å². The second-order valence-electron chi connectivity index (χ2n) is 11.2. The van der Waals surface area contributed by atoms with E-state index < -0.39 is 5.60 Å². The lowest BCUT2D eigenvalue weighted by Gasteiger charge is -2.32. The summed E-state index contributed by atoms with van der Waals surface area (Å²) in [6.45, 7) is 9.36. The number of fused-ring (bicyclic) bond motifs is 1. The van der Waals surface area contributed by atoms with Gasteiger partial charge in [-0.15, -0.1) is 0 Å². The van der Waals surface area contributed by atoms with Gasteiger partial charge in [0, 0.05) is 43.6 Å². The molecule has 2 fully saturated rings. The van der Waals surface area contributed by atoms with E-state index >= 15 is 0 Å². The zero-order chi connectivity index (χ0) is 23.2. The zero-order valence-corrected chi connectivity index (χ0v) is 19.9. The van der Waals surface area contributed by atoms with Crippen LogP contribution in [-0.2, 0) is 17.8 Å². The smallest absolute Gasteiger partial charge is 0.410 e. The monoisotopic (exact) mass is 443 g/mol. The second-order valence-corrected chi connectivity index (χ2v) is 11.2. The van der Waals surface area contributed by atoms with Crippen molar-refractivity contribution in [2.45, 2.75) is 70.7 Å². The molecule has 2 atom stereocenters. The molecule has 5 rings (SSSR count). The molecule has 0 radical (unpaired) electrons. The Kier molecular flexibility index (Phi) is 5.45. The Bertz CT molecular complexity index is 1080. The van der Waals surface area contributed by atoms with Gasteiger partial charge in [-0.2, -0.15) is 5.26 Å². The van der Waals surface area contributed by atoms with Gasteiger partial charge in [0.25, 0.3) is 0 Å². The first-order chi connectivity index (χ1) is 15.8. The molecule has 1 heterocycles. The molecular formula is C28H33N3O2. The summed E-state index contributed by atoms with van der Waals surface area (Å²) in [5.74, 6) is 0.398. The largest absolute Gasteiger partial charge is 0.444 e. The van der Waals surface area contributed by atoms with Crippen molar-refractivity contribution in [1.29, 1.82) is 5.26 Å². The van der Waals surface area contributed by atoms with Gasteiger partial charge in [-0.3, -0.25) is 4.90 Å². The summed E-state index contributed by atoms with van der Waals surface area (Å²) in [5.41, 5.74) is 4.26. The molecule has 0 spiro atoms. The molecular weight excluding hydrogens is 410 g/mol. The van der Waals surface area contributed by atoms with Crippen molar-refractivity contribution in [3.05, 3.63) is 70.8 Å². The maximum atomic E-state index is 13.3. The van der Waals surface area contributed by atoms with Gasteiger partial charge in [0.1, 0.15) is 5.60 Å². The Morgan fingerprint density at radius 1 is 1.15 bits per heavy atom. The SMILES string of the molecule is CC(C)(C)OC(=O)N(CC1(CN2Cc3ccc(C#N)cc3C2)CC1)[C@H]1CC1c1ccccc1. The lowest BCUT2D eigenvalue weighted by Crippen LogP contribution is -2.44. The fourth-order valence-electron chi connectivity index (χ4n) is 5.25. The maximum absolute atomic E-state index is 13.3. The predicted molar refractivity (Wildman–Crippen MR) is 127 cm³/mol. The third-order valence-corrected chi connectivity index (χ3v) is 7.16. The maximum Gasteiger partial charge on any atom is 0.410 e. The first kappa shape index (κ1) is 22.0. The Morgan fingerprint density at radius 3 is 2.55 bits per heavy atom. The summed E-state index contributed by atoms with van der Waals surface area (Å²) in [7, 11) is 0. The number of hydrogen-bond donors (Lipinski definition) is 0. The minimum atomic E-state index is -0.502. The first-order valence-electron chi connectivity index (χ1n) is 12.0. The van der Waals surface area contributed by atoms with Crippen molar-refractivity contribution >= 4 is 6.09 Å². The van der Waals surface area contributed by atoms with E-state index in [1.165, 1.54) is 16.7 Å². The lowest BCUT2D eigenvalue weighted by atomic mass is 10.1. The third-order valence-electron chi connectivity index (χ3n) is 7.16. The third kappa shape index (κ3) is 4.91. The van der Waals surface area contributed by atoms with Gasteiger partial charge in [0.05, 0.1) is 11.6 Å². The molecule has 0 bridgehead atoms. The molecule has 2 aromatic rings. The van der Waals surface area contributed by atoms with Gasteiger partial charge in [-0.25, -0.2) is 4.79 Å². The first-order valence-corrected chi connectivity index (χ1v) is 12.0. The summed E-state index contributed by atoms with van der Waals surface area (Å²) in [5, 5.41) is 9.21. The van der Waals surface area contributed by atoms with E-state index in [1.807, 2.05) is 43.9 Å². The number of ether oxygens (including phenoxy) is 1. The fraction of sp³-hybridized carbons (Fsp3) is 0.500. The zero-order valence-electron chi connectivity index (χ0n) is 19.9. The predicted octanol–water partition coefficient (Wildman–Crippen LogP) is 5.45. The molecule has 1 unspecified atom stereocenters. The van der Waals surface area contributed by atoms with Crippen molar-refractivity contribution in [1.82, 2.24) is 9.80 Å². The van der Waals surface area contributed by atoms with Crippen molar-refractivity contribution < 1.29 is 9.53 Å². The van der Waals surface area contributed by atoms with Crippen LogP contribution in [0.5, 0.6) is 0 Å². The normalized spacial score (nSPS) is 22.8. The van der Waals surface area contributed by atoms with Crippen LogP contribution in [0.15, 0.2) is 48.5 Å². The number of carbonyl (C=O) groups excluding carboxylic acids is 1. The second kappa shape index (κ2) is 8.18. The summed E-state index contributed by atoms with van der Waals surface area (Å²) < 4.78 is 5.85.